The highest BCUT2D eigenvalue weighted by Crippen LogP contribution is 2.33. The van der Waals surface area contributed by atoms with Gasteiger partial charge in [0.05, 0.1) is 6.10 Å². The molecule has 29 heavy (non-hydrogen) atoms. The number of benzene rings is 2. The zero-order valence-corrected chi connectivity index (χ0v) is 16.5. The molecule has 0 spiro atoms. The van der Waals surface area contributed by atoms with E-state index in [1.807, 2.05) is 30.6 Å². The van der Waals surface area contributed by atoms with Crippen LogP contribution in [0.15, 0.2) is 65.3 Å². The number of furan rings is 1. The summed E-state index contributed by atoms with van der Waals surface area (Å²) in [5.41, 5.74) is 9.35. The number of hydrogen-bond donors (Lipinski definition) is 1. The summed E-state index contributed by atoms with van der Waals surface area (Å²) in [5.74, 6) is 0.852. The van der Waals surface area contributed by atoms with E-state index in [-0.39, 0.29) is 12.1 Å². The molecule has 2 N–H and O–H groups in total. The van der Waals surface area contributed by atoms with Gasteiger partial charge < -0.3 is 14.9 Å². The third-order valence-electron chi connectivity index (χ3n) is 5.92. The molecule has 5 heteroatoms. The number of aromatic nitrogens is 1. The van der Waals surface area contributed by atoms with Crippen molar-refractivity contribution in [1.82, 2.24) is 9.88 Å². The molecular weight excluding hydrogens is 362 g/mol. The number of piperidine rings is 1. The average Bonchev–Trinajstić information content (AvgIpc) is 3.18. The topological polar surface area (TPSA) is 64.5 Å². The average molecular weight is 387 g/mol. The van der Waals surface area contributed by atoms with Crippen molar-refractivity contribution in [2.24, 2.45) is 5.73 Å². The molecule has 0 amide bonds. The highest BCUT2D eigenvalue weighted by molar-refractivity contribution is 5.97. The smallest absolute Gasteiger partial charge is 0.137 e. The van der Waals surface area contributed by atoms with E-state index in [1.165, 1.54) is 5.56 Å². The number of nitrogens with two attached hydrogens (primary N) is 1. The third kappa shape index (κ3) is 3.53. The molecule has 1 saturated heterocycles. The van der Waals surface area contributed by atoms with Crippen LogP contribution < -0.4 is 5.73 Å². The molecule has 148 valence electrons. The first-order chi connectivity index (χ1) is 14.2. The molecule has 2 aromatic heterocycles. The molecule has 5 rings (SSSR count). The zero-order valence-electron chi connectivity index (χ0n) is 16.5. The van der Waals surface area contributed by atoms with Crippen molar-refractivity contribution < 1.29 is 9.15 Å². The predicted molar refractivity (Wildman–Crippen MR) is 116 cm³/mol. The second-order valence-corrected chi connectivity index (χ2v) is 7.85. The summed E-state index contributed by atoms with van der Waals surface area (Å²) in [6.07, 6.45) is 4.86. The Balaban J connectivity index is 1.49. The van der Waals surface area contributed by atoms with Crippen molar-refractivity contribution in [3.8, 4) is 11.3 Å². The molecule has 1 aliphatic rings. The van der Waals surface area contributed by atoms with Gasteiger partial charge in [0.25, 0.3) is 0 Å². The molecule has 2 aromatic carbocycles. The summed E-state index contributed by atoms with van der Waals surface area (Å²) < 4.78 is 11.7. The predicted octanol–water partition coefficient (Wildman–Crippen LogP) is 4.20. The van der Waals surface area contributed by atoms with Crippen LogP contribution >= 0.6 is 0 Å². The van der Waals surface area contributed by atoms with Crippen LogP contribution in [0, 0.1) is 0 Å². The number of pyridine rings is 1. The number of methoxy groups -OCH3 is 1. The molecule has 0 saturated carbocycles. The number of likely N-dealkylation sites (tertiary alicyclic amines) is 1. The zero-order chi connectivity index (χ0) is 19.8. The highest BCUT2D eigenvalue weighted by Gasteiger charge is 2.26. The second-order valence-electron chi connectivity index (χ2n) is 7.85. The minimum absolute atomic E-state index is 0.0968. The Hall–Kier alpha value is -2.73. The summed E-state index contributed by atoms with van der Waals surface area (Å²) >= 11 is 0. The quantitative estimate of drug-likeness (QED) is 0.569. The van der Waals surface area contributed by atoms with E-state index in [0.29, 0.717) is 0 Å². The highest BCUT2D eigenvalue weighted by atomic mass is 16.5. The molecule has 5 nitrogen and oxygen atoms in total. The Labute approximate surface area is 170 Å². The molecule has 4 aromatic rings. The van der Waals surface area contributed by atoms with Gasteiger partial charge in [-0.3, -0.25) is 9.88 Å². The van der Waals surface area contributed by atoms with E-state index >= 15 is 0 Å². The molecule has 0 bridgehead atoms. The number of hydrogen-bond acceptors (Lipinski definition) is 5. The van der Waals surface area contributed by atoms with Gasteiger partial charge in [-0.15, -0.1) is 0 Å². The van der Waals surface area contributed by atoms with E-state index in [1.54, 1.807) is 7.11 Å². The summed E-state index contributed by atoms with van der Waals surface area (Å²) in [6.45, 7) is 2.73. The standard InChI is InChI=1S/C24H25N3O2/c1-28-24-15-27(9-8-21(24)25)14-16-6-7-18-12-26-13-20(19(18)10-16)23-11-17-4-2-3-5-22(17)29-23/h2-7,10-13,21,24H,8-9,14-15,25H2,1H3. The summed E-state index contributed by atoms with van der Waals surface area (Å²) in [7, 11) is 1.75. The first-order valence-electron chi connectivity index (χ1n) is 10.1. The van der Waals surface area contributed by atoms with E-state index in [2.05, 4.69) is 40.2 Å². The Kier molecular flexibility index (Phi) is 4.79. The largest absolute Gasteiger partial charge is 0.456 e. The van der Waals surface area contributed by atoms with Gasteiger partial charge in [-0.2, -0.15) is 0 Å². The fraction of sp³-hybridized carbons (Fsp3) is 0.292. The van der Waals surface area contributed by atoms with Gasteiger partial charge in [-0.25, -0.2) is 0 Å². The Morgan fingerprint density at radius 2 is 2.03 bits per heavy atom. The van der Waals surface area contributed by atoms with E-state index < -0.39 is 0 Å². The van der Waals surface area contributed by atoms with Gasteiger partial charge in [-0.1, -0.05) is 30.3 Å². The summed E-state index contributed by atoms with van der Waals surface area (Å²) in [5, 5.41) is 3.38. The van der Waals surface area contributed by atoms with Gasteiger partial charge in [0.2, 0.25) is 0 Å². The number of rotatable bonds is 4. The molecule has 0 radical (unpaired) electrons. The lowest BCUT2D eigenvalue weighted by molar-refractivity contribution is 0.0140. The molecule has 1 fully saturated rings. The maximum atomic E-state index is 6.17. The number of nitrogens with zero attached hydrogens (tertiary/aromatic N) is 2. The molecular formula is C24H25N3O2. The van der Waals surface area contributed by atoms with Crippen LogP contribution in [-0.2, 0) is 11.3 Å². The SMILES string of the molecule is COC1CN(Cc2ccc3cncc(-c4cc5ccccc5o4)c3c2)CCC1N. The van der Waals surface area contributed by atoms with Crippen LogP contribution in [0.5, 0.6) is 0 Å². The minimum atomic E-state index is 0.0968. The normalized spacial score (nSPS) is 20.5. The van der Waals surface area contributed by atoms with Crippen LogP contribution in [0.4, 0.5) is 0 Å². The maximum absolute atomic E-state index is 6.17. The number of ether oxygens (including phenoxy) is 1. The van der Waals surface area contributed by atoms with Crippen LogP contribution in [-0.4, -0.2) is 42.2 Å². The van der Waals surface area contributed by atoms with Gasteiger partial charge in [0.1, 0.15) is 11.3 Å². The van der Waals surface area contributed by atoms with Crippen molar-refractivity contribution in [3.05, 3.63) is 66.5 Å². The molecule has 0 aliphatic carbocycles. The van der Waals surface area contributed by atoms with Gasteiger partial charge in [0.15, 0.2) is 0 Å². The lowest BCUT2D eigenvalue weighted by Crippen LogP contribution is -2.51. The van der Waals surface area contributed by atoms with Crippen molar-refractivity contribution in [1.29, 1.82) is 0 Å². The first-order valence-corrected chi connectivity index (χ1v) is 10.1. The van der Waals surface area contributed by atoms with Crippen LogP contribution in [0.1, 0.15) is 12.0 Å². The van der Waals surface area contributed by atoms with Crippen LogP contribution in [0.25, 0.3) is 33.1 Å². The van der Waals surface area contributed by atoms with Crippen LogP contribution in [0.3, 0.4) is 0 Å². The molecule has 1 aliphatic heterocycles. The lowest BCUT2D eigenvalue weighted by atomic mass is 10.00. The molecule has 2 unspecified atom stereocenters. The van der Waals surface area contributed by atoms with Crippen molar-refractivity contribution in [2.75, 3.05) is 20.2 Å². The van der Waals surface area contributed by atoms with E-state index in [9.17, 15) is 0 Å². The summed E-state index contributed by atoms with van der Waals surface area (Å²) in [6, 6.07) is 16.9. The number of fused-ring (bicyclic) bond motifs is 2. The lowest BCUT2D eigenvalue weighted by Gasteiger charge is -2.36. The first kappa shape index (κ1) is 18.3. The van der Waals surface area contributed by atoms with Gasteiger partial charge >= 0.3 is 0 Å². The fourth-order valence-corrected chi connectivity index (χ4v) is 4.27. The van der Waals surface area contributed by atoms with Crippen molar-refractivity contribution >= 4 is 21.7 Å². The van der Waals surface area contributed by atoms with Crippen LogP contribution in [0.2, 0.25) is 0 Å². The fourth-order valence-electron chi connectivity index (χ4n) is 4.27. The monoisotopic (exact) mass is 387 g/mol. The Morgan fingerprint density at radius 3 is 2.90 bits per heavy atom. The molecule has 2 atom stereocenters. The molecule has 3 heterocycles. The van der Waals surface area contributed by atoms with Gasteiger partial charge in [-0.05, 0) is 35.6 Å². The minimum Gasteiger partial charge on any atom is -0.456 e. The van der Waals surface area contributed by atoms with Crippen molar-refractivity contribution in [3.63, 3.8) is 0 Å². The Morgan fingerprint density at radius 1 is 1.14 bits per heavy atom. The van der Waals surface area contributed by atoms with E-state index in [4.69, 9.17) is 14.9 Å². The van der Waals surface area contributed by atoms with Gasteiger partial charge in [0, 0.05) is 61.5 Å². The summed E-state index contributed by atoms with van der Waals surface area (Å²) in [4.78, 5) is 6.85. The van der Waals surface area contributed by atoms with Crippen molar-refractivity contribution in [2.45, 2.75) is 25.1 Å². The third-order valence-corrected chi connectivity index (χ3v) is 5.92. The second kappa shape index (κ2) is 7.59. The maximum Gasteiger partial charge on any atom is 0.137 e. The Bertz CT molecular complexity index is 1120. The van der Waals surface area contributed by atoms with E-state index in [0.717, 1.165) is 59.1 Å². The number of para-hydroxylation sites is 1.